The molecule has 1 heterocycles. The molecule has 1 fully saturated rings. The Hall–Kier alpha value is -0.0400. The maximum Gasteiger partial charge on any atom is 0.0810 e. The molecule has 1 aliphatic rings. The molecule has 1 nitrogen and oxygen atoms in total. The lowest BCUT2D eigenvalue weighted by Crippen LogP contribution is -2.00. The molecule has 0 aromatic carbocycles. The lowest BCUT2D eigenvalue weighted by molar-refractivity contribution is 0.357. The van der Waals surface area contributed by atoms with Gasteiger partial charge in [-0.15, -0.1) is 0 Å². The number of hydrogen-bond acceptors (Lipinski definition) is 1. The van der Waals surface area contributed by atoms with Gasteiger partial charge in [-0.25, -0.2) is 0 Å². The van der Waals surface area contributed by atoms with E-state index in [2.05, 4.69) is 13.8 Å². The molecule has 0 radical (unpaired) electrons. The summed E-state index contributed by atoms with van der Waals surface area (Å²) in [5.74, 6) is 0.994. The third-order valence-corrected chi connectivity index (χ3v) is 2.93. The smallest absolute Gasteiger partial charge is 0.0810 e. The molecule has 1 aliphatic heterocycles. The van der Waals surface area contributed by atoms with Crippen LogP contribution in [-0.2, 0) is 4.74 Å². The molecule has 0 aromatic rings. The van der Waals surface area contributed by atoms with E-state index in [-0.39, 0.29) is 7.43 Å². The lowest BCUT2D eigenvalue weighted by atomic mass is 9.92. The third-order valence-electron chi connectivity index (χ3n) is 2.93. The Morgan fingerprint density at radius 2 is 1.71 bits per heavy atom. The van der Waals surface area contributed by atoms with Crippen molar-refractivity contribution in [1.82, 2.24) is 0 Å². The fourth-order valence-electron chi connectivity index (χ4n) is 2.12. The van der Waals surface area contributed by atoms with Crippen LogP contribution in [0.5, 0.6) is 0 Å². The van der Waals surface area contributed by atoms with Gasteiger partial charge in [0.05, 0.1) is 12.7 Å². The highest BCUT2D eigenvalue weighted by Gasteiger charge is 2.21. The normalized spacial score (nSPS) is 19.5. The molecule has 1 unspecified atom stereocenters. The second-order valence-electron chi connectivity index (χ2n) is 4.33. The van der Waals surface area contributed by atoms with Crippen molar-refractivity contribution in [3.8, 4) is 0 Å². The highest BCUT2D eigenvalue weighted by atomic mass is 16.6. The molecule has 1 rings (SSSR count). The van der Waals surface area contributed by atoms with E-state index in [9.17, 15) is 0 Å². The predicted octanol–water partition coefficient (Wildman–Crippen LogP) is 4.41. The largest absolute Gasteiger partial charge is 0.373 e. The van der Waals surface area contributed by atoms with Crippen molar-refractivity contribution in [1.29, 1.82) is 0 Å². The molecule has 0 aromatic heterocycles. The van der Waals surface area contributed by atoms with Gasteiger partial charge in [0.25, 0.3) is 0 Å². The van der Waals surface area contributed by atoms with Gasteiger partial charge in [0.2, 0.25) is 0 Å². The summed E-state index contributed by atoms with van der Waals surface area (Å²) in [4.78, 5) is 0. The standard InChI is InChI=1S/C12H24O.CH4/c1-3-6-11(7-4-2)8-5-9-12-10-13-12;/h11-12H,3-10H2,1-2H3;1H4. The Labute approximate surface area is 90.2 Å². The minimum Gasteiger partial charge on any atom is -0.373 e. The van der Waals surface area contributed by atoms with Crippen LogP contribution < -0.4 is 0 Å². The van der Waals surface area contributed by atoms with Crippen LogP contribution in [0, 0.1) is 5.92 Å². The maximum atomic E-state index is 5.21. The SMILES string of the molecule is C.CCCC(CCC)CCCC1CO1. The Kier molecular flexibility index (Phi) is 8.26. The number of ether oxygens (including phenoxy) is 1. The van der Waals surface area contributed by atoms with Crippen LogP contribution in [0.1, 0.15) is 66.2 Å². The van der Waals surface area contributed by atoms with Gasteiger partial charge in [0, 0.05) is 0 Å². The molecular weight excluding hydrogens is 172 g/mol. The van der Waals surface area contributed by atoms with Gasteiger partial charge in [-0.1, -0.05) is 59.8 Å². The quantitative estimate of drug-likeness (QED) is 0.529. The van der Waals surface area contributed by atoms with Gasteiger partial charge in [-0.2, -0.15) is 0 Å². The van der Waals surface area contributed by atoms with E-state index in [4.69, 9.17) is 4.74 Å². The molecule has 0 spiro atoms. The van der Waals surface area contributed by atoms with Crippen molar-refractivity contribution < 1.29 is 4.74 Å². The highest BCUT2D eigenvalue weighted by molar-refractivity contribution is 4.69. The molecule has 14 heavy (non-hydrogen) atoms. The monoisotopic (exact) mass is 200 g/mol. The molecule has 0 aliphatic carbocycles. The molecule has 1 atom stereocenters. The fraction of sp³-hybridized carbons (Fsp3) is 1.00. The summed E-state index contributed by atoms with van der Waals surface area (Å²) in [5, 5.41) is 0. The Morgan fingerprint density at radius 1 is 1.14 bits per heavy atom. The summed E-state index contributed by atoms with van der Waals surface area (Å²) in [5.41, 5.74) is 0. The van der Waals surface area contributed by atoms with E-state index in [1.54, 1.807) is 0 Å². The van der Waals surface area contributed by atoms with Crippen LogP contribution in [0.4, 0.5) is 0 Å². The molecular formula is C13H28O. The van der Waals surface area contributed by atoms with Gasteiger partial charge in [-0.05, 0) is 12.3 Å². The van der Waals surface area contributed by atoms with E-state index in [0.717, 1.165) is 12.5 Å². The Morgan fingerprint density at radius 3 is 2.14 bits per heavy atom. The van der Waals surface area contributed by atoms with Crippen LogP contribution in [0.2, 0.25) is 0 Å². The van der Waals surface area contributed by atoms with Crippen LogP contribution in [0.15, 0.2) is 0 Å². The Balaban J connectivity index is 0.00000169. The first-order valence-corrected chi connectivity index (χ1v) is 5.98. The van der Waals surface area contributed by atoms with Crippen LogP contribution in [0.25, 0.3) is 0 Å². The zero-order valence-electron chi connectivity index (χ0n) is 9.22. The van der Waals surface area contributed by atoms with E-state index >= 15 is 0 Å². The van der Waals surface area contributed by atoms with E-state index < -0.39 is 0 Å². The van der Waals surface area contributed by atoms with Crippen LogP contribution in [0.3, 0.4) is 0 Å². The molecule has 0 N–H and O–H groups in total. The second-order valence-corrected chi connectivity index (χ2v) is 4.33. The van der Waals surface area contributed by atoms with Gasteiger partial charge in [0.1, 0.15) is 0 Å². The first kappa shape index (κ1) is 14.0. The first-order valence-electron chi connectivity index (χ1n) is 5.98. The molecule has 0 bridgehead atoms. The van der Waals surface area contributed by atoms with Gasteiger partial charge < -0.3 is 4.74 Å². The minimum atomic E-state index is 0. The van der Waals surface area contributed by atoms with E-state index in [1.807, 2.05) is 0 Å². The minimum absolute atomic E-state index is 0. The highest BCUT2D eigenvalue weighted by Crippen LogP contribution is 2.23. The van der Waals surface area contributed by atoms with Crippen molar-refractivity contribution in [3.05, 3.63) is 0 Å². The summed E-state index contributed by atoms with van der Waals surface area (Å²) < 4.78 is 5.21. The first-order chi connectivity index (χ1) is 6.36. The van der Waals surface area contributed by atoms with Gasteiger partial charge in [0.15, 0.2) is 0 Å². The second kappa shape index (κ2) is 8.28. The van der Waals surface area contributed by atoms with Crippen molar-refractivity contribution in [2.75, 3.05) is 6.61 Å². The van der Waals surface area contributed by atoms with Crippen molar-refractivity contribution in [2.24, 2.45) is 5.92 Å². The number of rotatable bonds is 8. The third kappa shape index (κ3) is 6.42. The summed E-state index contributed by atoms with van der Waals surface area (Å²) in [7, 11) is 0. The van der Waals surface area contributed by atoms with Crippen molar-refractivity contribution in [2.45, 2.75) is 72.3 Å². The maximum absolute atomic E-state index is 5.21. The number of epoxide rings is 1. The molecule has 1 heteroatoms. The van der Waals surface area contributed by atoms with Crippen LogP contribution in [-0.4, -0.2) is 12.7 Å². The average Bonchev–Trinajstić information content (AvgIpc) is 2.89. The summed E-state index contributed by atoms with van der Waals surface area (Å²) in [6.07, 6.45) is 10.3. The number of hydrogen-bond donors (Lipinski definition) is 0. The molecule has 86 valence electrons. The Bertz CT molecular complexity index is 112. The van der Waals surface area contributed by atoms with Crippen molar-refractivity contribution in [3.63, 3.8) is 0 Å². The fourth-order valence-corrected chi connectivity index (χ4v) is 2.12. The van der Waals surface area contributed by atoms with E-state index in [0.29, 0.717) is 6.10 Å². The molecule has 1 saturated heterocycles. The summed E-state index contributed by atoms with van der Waals surface area (Å²) >= 11 is 0. The van der Waals surface area contributed by atoms with Crippen molar-refractivity contribution >= 4 is 0 Å². The predicted molar refractivity (Wildman–Crippen MR) is 63.6 cm³/mol. The van der Waals surface area contributed by atoms with Gasteiger partial charge in [-0.3, -0.25) is 0 Å². The van der Waals surface area contributed by atoms with Gasteiger partial charge >= 0.3 is 0 Å². The molecule has 0 amide bonds. The zero-order valence-corrected chi connectivity index (χ0v) is 9.22. The summed E-state index contributed by atoms with van der Waals surface area (Å²) in [6.45, 7) is 5.63. The topological polar surface area (TPSA) is 12.5 Å². The summed E-state index contributed by atoms with van der Waals surface area (Å²) in [6, 6.07) is 0. The molecule has 0 saturated carbocycles. The van der Waals surface area contributed by atoms with Crippen LogP contribution >= 0.6 is 0 Å². The average molecular weight is 200 g/mol. The zero-order chi connectivity index (χ0) is 9.52. The lowest BCUT2D eigenvalue weighted by Gasteiger charge is -2.14. The van der Waals surface area contributed by atoms with E-state index in [1.165, 1.54) is 44.9 Å².